The third-order valence-electron chi connectivity index (χ3n) is 3.87. The van der Waals surface area contributed by atoms with Crippen LogP contribution in [0.25, 0.3) is 0 Å². The maximum absolute atomic E-state index is 12.6. The Balaban J connectivity index is 2.10. The highest BCUT2D eigenvalue weighted by Crippen LogP contribution is 2.25. The molecule has 0 radical (unpaired) electrons. The van der Waals surface area contributed by atoms with Crippen LogP contribution in [-0.4, -0.2) is 57.4 Å². The number of hydrogen-bond acceptors (Lipinski definition) is 5. The highest BCUT2D eigenvalue weighted by atomic mass is 32.2. The van der Waals surface area contributed by atoms with Gasteiger partial charge in [0.2, 0.25) is 10.0 Å². The molecule has 0 bridgehead atoms. The van der Waals surface area contributed by atoms with Crippen molar-refractivity contribution in [2.24, 2.45) is 0 Å². The molecule has 0 amide bonds. The lowest BCUT2D eigenvalue weighted by Gasteiger charge is -2.21. The van der Waals surface area contributed by atoms with E-state index in [1.54, 1.807) is 0 Å². The Labute approximate surface area is 131 Å². The van der Waals surface area contributed by atoms with E-state index in [1.807, 2.05) is 30.3 Å². The summed E-state index contributed by atoms with van der Waals surface area (Å²) in [6, 6.07) is 8.60. The van der Waals surface area contributed by atoms with Crippen molar-refractivity contribution in [1.29, 1.82) is 0 Å². The number of rotatable bonds is 6. The molecule has 0 saturated carbocycles. The number of carbonyl (C=O) groups is 1. The Morgan fingerprint density at radius 1 is 1.27 bits per heavy atom. The molecule has 0 unspecified atom stereocenters. The third kappa shape index (κ3) is 3.85. The van der Waals surface area contributed by atoms with Crippen LogP contribution in [0.15, 0.2) is 30.3 Å². The van der Waals surface area contributed by atoms with Gasteiger partial charge in [0.1, 0.15) is 6.04 Å². The summed E-state index contributed by atoms with van der Waals surface area (Å²) in [5.74, 6) is -0.580. The fraction of sp³-hybridized carbons (Fsp3) is 0.533. The van der Waals surface area contributed by atoms with Crippen LogP contribution in [0.1, 0.15) is 12.0 Å². The van der Waals surface area contributed by atoms with E-state index in [1.165, 1.54) is 18.5 Å². The van der Waals surface area contributed by atoms with Gasteiger partial charge in [0.15, 0.2) is 0 Å². The normalized spacial score (nSPS) is 22.6. The summed E-state index contributed by atoms with van der Waals surface area (Å²) in [6.07, 6.45) is 0.453. The first kappa shape index (κ1) is 16.9. The van der Waals surface area contributed by atoms with E-state index in [4.69, 9.17) is 9.47 Å². The molecule has 0 spiro atoms. The fourth-order valence-electron chi connectivity index (χ4n) is 2.61. The molecule has 1 aliphatic rings. The molecule has 7 heteroatoms. The molecule has 1 saturated heterocycles. The summed E-state index contributed by atoms with van der Waals surface area (Å²) < 4.78 is 36.3. The molecule has 22 heavy (non-hydrogen) atoms. The zero-order valence-corrected chi connectivity index (χ0v) is 13.6. The second-order valence-corrected chi connectivity index (χ2v) is 7.29. The van der Waals surface area contributed by atoms with Gasteiger partial charge in [-0.3, -0.25) is 4.79 Å². The van der Waals surface area contributed by atoms with E-state index in [0.29, 0.717) is 12.8 Å². The van der Waals surface area contributed by atoms with Gasteiger partial charge in [-0.1, -0.05) is 30.3 Å². The molecule has 2 rings (SSSR count). The van der Waals surface area contributed by atoms with Crippen LogP contribution in [-0.2, 0) is 30.7 Å². The van der Waals surface area contributed by atoms with Crippen LogP contribution in [0.5, 0.6) is 0 Å². The lowest BCUT2D eigenvalue weighted by molar-refractivity contribution is -0.144. The molecular weight excluding hydrogens is 306 g/mol. The summed E-state index contributed by atoms with van der Waals surface area (Å²) in [6.45, 7) is 0.188. The predicted octanol–water partition coefficient (Wildman–Crippen LogP) is 0.821. The number of benzene rings is 1. The molecule has 1 heterocycles. The number of methoxy groups -OCH3 is 2. The van der Waals surface area contributed by atoms with E-state index in [-0.39, 0.29) is 18.4 Å². The molecule has 1 fully saturated rings. The van der Waals surface area contributed by atoms with Crippen LogP contribution < -0.4 is 0 Å². The maximum Gasteiger partial charge on any atom is 0.324 e. The van der Waals surface area contributed by atoms with Crippen molar-refractivity contribution in [2.45, 2.75) is 25.0 Å². The average Bonchev–Trinajstić information content (AvgIpc) is 2.98. The smallest absolute Gasteiger partial charge is 0.324 e. The van der Waals surface area contributed by atoms with Crippen molar-refractivity contribution in [3.63, 3.8) is 0 Å². The molecule has 0 N–H and O–H groups in total. The van der Waals surface area contributed by atoms with E-state index in [9.17, 15) is 13.2 Å². The minimum absolute atomic E-state index is 0.0407. The highest BCUT2D eigenvalue weighted by Gasteiger charge is 2.43. The standard InChI is InChI=1S/C15H21NO5S/c1-20-13-10-14(15(17)21-2)16(11-13)22(18,19)9-8-12-6-4-3-5-7-12/h3-7,13-14H,8-11H2,1-2H3/t13-,14-/m0/s1. The van der Waals surface area contributed by atoms with E-state index >= 15 is 0 Å². The van der Waals surface area contributed by atoms with E-state index < -0.39 is 22.0 Å². The Hall–Kier alpha value is -1.44. The molecule has 1 aliphatic heterocycles. The van der Waals surface area contributed by atoms with E-state index in [0.717, 1.165) is 5.56 Å². The lowest BCUT2D eigenvalue weighted by Crippen LogP contribution is -2.42. The minimum atomic E-state index is -3.55. The molecule has 2 atom stereocenters. The predicted molar refractivity (Wildman–Crippen MR) is 81.9 cm³/mol. The topological polar surface area (TPSA) is 72.9 Å². The number of ether oxygens (including phenoxy) is 2. The number of nitrogens with zero attached hydrogens (tertiary/aromatic N) is 1. The van der Waals surface area contributed by atoms with Gasteiger partial charge in [0.25, 0.3) is 0 Å². The van der Waals surface area contributed by atoms with Gasteiger partial charge in [-0.15, -0.1) is 0 Å². The van der Waals surface area contributed by atoms with Gasteiger partial charge >= 0.3 is 5.97 Å². The van der Waals surface area contributed by atoms with Crippen molar-refractivity contribution < 1.29 is 22.7 Å². The molecule has 0 aromatic heterocycles. The first-order valence-corrected chi connectivity index (χ1v) is 8.73. The second kappa shape index (κ2) is 7.21. The van der Waals surface area contributed by atoms with Crippen molar-refractivity contribution >= 4 is 16.0 Å². The number of hydrogen-bond donors (Lipinski definition) is 0. The van der Waals surface area contributed by atoms with Gasteiger partial charge in [-0.25, -0.2) is 8.42 Å². The Morgan fingerprint density at radius 2 is 1.95 bits per heavy atom. The number of esters is 1. The Bertz CT molecular complexity index is 602. The zero-order valence-electron chi connectivity index (χ0n) is 12.8. The van der Waals surface area contributed by atoms with Gasteiger partial charge in [0, 0.05) is 20.1 Å². The van der Waals surface area contributed by atoms with Crippen LogP contribution in [0.4, 0.5) is 0 Å². The quantitative estimate of drug-likeness (QED) is 0.723. The van der Waals surface area contributed by atoms with Crippen molar-refractivity contribution in [3.8, 4) is 0 Å². The van der Waals surface area contributed by atoms with Gasteiger partial charge < -0.3 is 9.47 Å². The van der Waals surface area contributed by atoms with Crippen molar-refractivity contribution in [3.05, 3.63) is 35.9 Å². The number of carbonyl (C=O) groups excluding carboxylic acids is 1. The molecule has 1 aromatic carbocycles. The molecule has 1 aromatic rings. The summed E-state index contributed by atoms with van der Waals surface area (Å²) >= 11 is 0. The van der Waals surface area contributed by atoms with Crippen LogP contribution >= 0.6 is 0 Å². The zero-order chi connectivity index (χ0) is 16.2. The van der Waals surface area contributed by atoms with Crippen LogP contribution in [0.3, 0.4) is 0 Å². The summed E-state index contributed by atoms with van der Waals surface area (Å²) in [5, 5.41) is 0. The monoisotopic (exact) mass is 327 g/mol. The van der Waals surface area contributed by atoms with Crippen LogP contribution in [0.2, 0.25) is 0 Å². The van der Waals surface area contributed by atoms with Crippen molar-refractivity contribution in [1.82, 2.24) is 4.31 Å². The first-order chi connectivity index (χ1) is 10.5. The van der Waals surface area contributed by atoms with E-state index in [2.05, 4.69) is 0 Å². The van der Waals surface area contributed by atoms with Gasteiger partial charge in [-0.05, 0) is 12.0 Å². The maximum atomic E-state index is 12.6. The molecule has 6 nitrogen and oxygen atoms in total. The van der Waals surface area contributed by atoms with Crippen molar-refractivity contribution in [2.75, 3.05) is 26.5 Å². The summed E-state index contributed by atoms with van der Waals surface area (Å²) in [7, 11) is -0.779. The third-order valence-corrected chi connectivity index (χ3v) is 5.71. The minimum Gasteiger partial charge on any atom is -0.468 e. The summed E-state index contributed by atoms with van der Waals surface area (Å²) in [4.78, 5) is 11.8. The molecular formula is C15H21NO5S. The summed E-state index contributed by atoms with van der Waals surface area (Å²) in [5.41, 5.74) is 0.947. The Kier molecular flexibility index (Phi) is 5.55. The largest absolute Gasteiger partial charge is 0.468 e. The van der Waals surface area contributed by atoms with Gasteiger partial charge in [0.05, 0.1) is 19.0 Å². The van der Waals surface area contributed by atoms with Gasteiger partial charge in [-0.2, -0.15) is 4.31 Å². The Morgan fingerprint density at radius 3 is 2.55 bits per heavy atom. The fourth-order valence-corrected chi connectivity index (χ4v) is 4.29. The molecule has 122 valence electrons. The molecule has 0 aliphatic carbocycles. The SMILES string of the molecule is COC(=O)[C@@H]1C[C@H](OC)CN1S(=O)(=O)CCc1ccccc1. The average molecular weight is 327 g/mol. The number of aryl methyl sites for hydroxylation is 1. The second-order valence-electron chi connectivity index (χ2n) is 5.25. The first-order valence-electron chi connectivity index (χ1n) is 7.12. The lowest BCUT2D eigenvalue weighted by atomic mass is 10.2. The van der Waals surface area contributed by atoms with Crippen LogP contribution in [0, 0.1) is 0 Å². The highest BCUT2D eigenvalue weighted by molar-refractivity contribution is 7.89. The number of sulfonamides is 1.